The normalized spacial score (nSPS) is 14.8. The highest BCUT2D eigenvalue weighted by molar-refractivity contribution is 8.01. The Morgan fingerprint density at radius 3 is 2.58 bits per heavy atom. The van der Waals surface area contributed by atoms with Crippen molar-refractivity contribution in [3.63, 3.8) is 0 Å². The van der Waals surface area contributed by atoms with Crippen LogP contribution in [0.4, 0.5) is 5.69 Å². The molecular formula is C18H16N4O2S2. The minimum atomic E-state index is -0.595. The largest absolute Gasteiger partial charge is 0.325 e. The second-order valence-electron chi connectivity index (χ2n) is 6.09. The maximum absolute atomic E-state index is 12.7. The van der Waals surface area contributed by atoms with Gasteiger partial charge >= 0.3 is 0 Å². The van der Waals surface area contributed by atoms with Gasteiger partial charge in [-0.2, -0.15) is 11.3 Å². The summed E-state index contributed by atoms with van der Waals surface area (Å²) in [5, 5.41) is 15.6. The van der Waals surface area contributed by atoms with E-state index >= 15 is 0 Å². The zero-order valence-corrected chi connectivity index (χ0v) is 15.6. The van der Waals surface area contributed by atoms with E-state index in [0.717, 1.165) is 24.1 Å². The van der Waals surface area contributed by atoms with Crippen molar-refractivity contribution in [1.29, 1.82) is 0 Å². The highest BCUT2D eigenvalue weighted by Gasteiger charge is 2.52. The summed E-state index contributed by atoms with van der Waals surface area (Å²) in [6, 6.07) is 11.3. The predicted octanol–water partition coefficient (Wildman–Crippen LogP) is 3.93. The van der Waals surface area contributed by atoms with Crippen LogP contribution >= 0.6 is 23.1 Å². The van der Waals surface area contributed by atoms with Gasteiger partial charge in [0, 0.05) is 23.6 Å². The molecule has 26 heavy (non-hydrogen) atoms. The molecule has 3 aromatic rings. The summed E-state index contributed by atoms with van der Waals surface area (Å²) >= 11 is 2.85. The Labute approximate surface area is 158 Å². The smallest absolute Gasteiger partial charge is 0.241 e. The van der Waals surface area contributed by atoms with Crippen LogP contribution in [-0.4, -0.2) is 31.3 Å². The van der Waals surface area contributed by atoms with Gasteiger partial charge in [-0.25, -0.2) is 4.57 Å². The van der Waals surface area contributed by atoms with Gasteiger partial charge in [0.25, 0.3) is 0 Å². The molecule has 0 bridgehead atoms. The first kappa shape index (κ1) is 17.0. The summed E-state index contributed by atoms with van der Waals surface area (Å²) < 4.78 is 0.893. The van der Waals surface area contributed by atoms with Crippen molar-refractivity contribution in [2.24, 2.45) is 0 Å². The number of benzene rings is 1. The number of thiophene rings is 1. The van der Waals surface area contributed by atoms with E-state index in [2.05, 4.69) is 15.5 Å². The predicted molar refractivity (Wildman–Crippen MR) is 103 cm³/mol. The van der Waals surface area contributed by atoms with Gasteiger partial charge in [-0.1, -0.05) is 30.0 Å². The summed E-state index contributed by atoms with van der Waals surface area (Å²) in [5.74, 6) is 0.280. The van der Waals surface area contributed by atoms with E-state index < -0.39 is 4.75 Å². The van der Waals surface area contributed by atoms with Crippen molar-refractivity contribution < 1.29 is 9.59 Å². The molecule has 0 unspecified atom stereocenters. The first-order valence-electron chi connectivity index (χ1n) is 8.13. The van der Waals surface area contributed by atoms with Crippen molar-refractivity contribution in [3.05, 3.63) is 47.2 Å². The van der Waals surface area contributed by atoms with Gasteiger partial charge in [-0.3, -0.25) is 9.59 Å². The third-order valence-electron chi connectivity index (χ3n) is 4.16. The molecule has 0 radical (unpaired) electrons. The average Bonchev–Trinajstić information content (AvgIpc) is 3.05. The molecule has 1 aliphatic rings. The zero-order chi connectivity index (χ0) is 18.1. The van der Waals surface area contributed by atoms with Crippen LogP contribution in [0.15, 0.2) is 52.3 Å². The van der Waals surface area contributed by atoms with Gasteiger partial charge in [0.15, 0.2) is 11.0 Å². The van der Waals surface area contributed by atoms with Crippen LogP contribution in [0.5, 0.6) is 0 Å². The monoisotopic (exact) mass is 384 g/mol. The molecule has 0 atom stereocenters. The number of nitrogens with zero attached hydrogens (tertiary/aromatic N) is 3. The maximum Gasteiger partial charge on any atom is 0.241 e. The Kier molecular flexibility index (Phi) is 4.37. The van der Waals surface area contributed by atoms with Gasteiger partial charge in [-0.05, 0) is 36.4 Å². The van der Waals surface area contributed by atoms with Crippen LogP contribution in [0.1, 0.15) is 24.6 Å². The molecule has 1 saturated carbocycles. The highest BCUT2D eigenvalue weighted by atomic mass is 32.2. The van der Waals surface area contributed by atoms with Crippen molar-refractivity contribution in [1.82, 2.24) is 14.8 Å². The lowest BCUT2D eigenvalue weighted by Crippen LogP contribution is -2.27. The first-order chi connectivity index (χ1) is 12.6. The number of hydrogen-bond donors (Lipinski definition) is 1. The molecule has 6 nitrogen and oxygen atoms in total. The third kappa shape index (κ3) is 3.17. The van der Waals surface area contributed by atoms with E-state index in [1.54, 1.807) is 0 Å². The highest BCUT2D eigenvalue weighted by Crippen LogP contribution is 2.52. The van der Waals surface area contributed by atoms with Crippen LogP contribution in [-0.2, 0) is 4.79 Å². The molecule has 2 heterocycles. The fourth-order valence-electron chi connectivity index (χ4n) is 2.63. The fourth-order valence-corrected chi connectivity index (χ4v) is 4.45. The van der Waals surface area contributed by atoms with Crippen molar-refractivity contribution in [2.75, 3.05) is 5.32 Å². The lowest BCUT2D eigenvalue weighted by Gasteiger charge is -2.14. The molecule has 8 heteroatoms. The summed E-state index contributed by atoms with van der Waals surface area (Å²) in [6.07, 6.45) is 1.49. The second kappa shape index (κ2) is 6.69. The van der Waals surface area contributed by atoms with Crippen LogP contribution in [0.2, 0.25) is 0 Å². The standard InChI is InChI=1S/C18H16N4O2S2/c1-12(23)22-15(13-7-10-25-11-13)20-21-17(22)26-18(8-9-18)16(24)19-14-5-3-2-4-6-14/h2-7,10-11H,8-9H2,1H3,(H,19,24). The molecule has 2 aromatic heterocycles. The van der Waals surface area contributed by atoms with Crippen LogP contribution in [0, 0.1) is 0 Å². The lowest BCUT2D eigenvalue weighted by molar-refractivity contribution is -0.116. The molecule has 4 rings (SSSR count). The molecule has 132 valence electrons. The summed E-state index contributed by atoms with van der Waals surface area (Å²) in [4.78, 5) is 24.9. The topological polar surface area (TPSA) is 76.9 Å². The molecular weight excluding hydrogens is 368 g/mol. The number of carbonyl (C=O) groups is 2. The fraction of sp³-hybridized carbons (Fsp3) is 0.222. The van der Waals surface area contributed by atoms with Gasteiger partial charge in [0.1, 0.15) is 4.75 Å². The van der Waals surface area contributed by atoms with E-state index in [0.29, 0.717) is 11.0 Å². The van der Waals surface area contributed by atoms with Crippen molar-refractivity contribution in [3.8, 4) is 11.4 Å². The first-order valence-corrected chi connectivity index (χ1v) is 9.89. The van der Waals surface area contributed by atoms with Crippen LogP contribution in [0.25, 0.3) is 11.4 Å². The van der Waals surface area contributed by atoms with Crippen molar-refractivity contribution in [2.45, 2.75) is 29.7 Å². The molecule has 0 spiro atoms. The summed E-state index contributed by atoms with van der Waals surface area (Å²) in [7, 11) is 0. The van der Waals surface area contributed by atoms with Crippen LogP contribution in [0.3, 0.4) is 0 Å². The lowest BCUT2D eigenvalue weighted by atomic mass is 10.3. The molecule has 1 aliphatic carbocycles. The molecule has 1 N–H and O–H groups in total. The van der Waals surface area contributed by atoms with Crippen LogP contribution < -0.4 is 5.32 Å². The van der Waals surface area contributed by atoms with E-state index in [1.807, 2.05) is 47.2 Å². The Bertz CT molecular complexity index is 947. The Morgan fingerprint density at radius 2 is 1.96 bits per heavy atom. The van der Waals surface area contributed by atoms with Gasteiger partial charge in [0.2, 0.25) is 11.8 Å². The molecule has 0 aliphatic heterocycles. The van der Waals surface area contributed by atoms with Gasteiger partial charge in [-0.15, -0.1) is 10.2 Å². The summed E-state index contributed by atoms with van der Waals surface area (Å²) in [6.45, 7) is 1.48. The Balaban J connectivity index is 1.59. The Morgan fingerprint density at radius 1 is 1.19 bits per heavy atom. The SMILES string of the molecule is CC(=O)n1c(SC2(C(=O)Nc3ccccc3)CC2)nnc1-c1ccsc1. The van der Waals surface area contributed by atoms with E-state index in [1.165, 1.54) is 34.6 Å². The van der Waals surface area contributed by atoms with Gasteiger partial charge in [0.05, 0.1) is 0 Å². The minimum Gasteiger partial charge on any atom is -0.325 e. The number of rotatable bonds is 5. The summed E-state index contributed by atoms with van der Waals surface area (Å²) in [5.41, 5.74) is 1.61. The average molecular weight is 384 g/mol. The number of anilines is 1. The Hall–Kier alpha value is -2.45. The maximum atomic E-state index is 12.7. The molecule has 1 aromatic carbocycles. The van der Waals surface area contributed by atoms with Crippen molar-refractivity contribution >= 4 is 40.6 Å². The quantitative estimate of drug-likeness (QED) is 0.721. The van der Waals surface area contributed by atoms with E-state index in [9.17, 15) is 9.59 Å². The number of amides is 1. The number of hydrogen-bond acceptors (Lipinski definition) is 6. The molecule has 0 saturated heterocycles. The number of aromatic nitrogens is 3. The van der Waals surface area contributed by atoms with E-state index in [-0.39, 0.29) is 11.8 Å². The third-order valence-corrected chi connectivity index (χ3v) is 6.28. The zero-order valence-electron chi connectivity index (χ0n) is 14.0. The molecule has 1 amide bonds. The number of thioether (sulfide) groups is 1. The number of carbonyl (C=O) groups excluding carboxylic acids is 2. The number of para-hydroxylation sites is 1. The number of nitrogens with one attached hydrogen (secondary N) is 1. The molecule has 1 fully saturated rings. The van der Waals surface area contributed by atoms with Gasteiger partial charge < -0.3 is 5.32 Å². The van der Waals surface area contributed by atoms with E-state index in [4.69, 9.17) is 0 Å². The second-order valence-corrected chi connectivity index (χ2v) is 8.22. The minimum absolute atomic E-state index is 0.0658.